The highest BCUT2D eigenvalue weighted by atomic mass is 16.5. The molecule has 1 saturated heterocycles. The molecule has 0 radical (unpaired) electrons. The molecular formula is C13H19N3O2. The van der Waals surface area contributed by atoms with Crippen molar-refractivity contribution in [2.24, 2.45) is 5.73 Å². The van der Waals surface area contributed by atoms with E-state index in [1.54, 1.807) is 0 Å². The van der Waals surface area contributed by atoms with Crippen molar-refractivity contribution in [2.75, 3.05) is 6.61 Å². The third-order valence-corrected chi connectivity index (χ3v) is 3.82. The number of nitrogens with two attached hydrogens (primary N) is 1. The van der Waals surface area contributed by atoms with Gasteiger partial charge in [0.25, 0.3) is 0 Å². The quantitative estimate of drug-likeness (QED) is 0.810. The van der Waals surface area contributed by atoms with Gasteiger partial charge in [0.2, 0.25) is 11.7 Å². The smallest absolute Gasteiger partial charge is 0.233 e. The van der Waals surface area contributed by atoms with Crippen LogP contribution in [0.5, 0.6) is 0 Å². The van der Waals surface area contributed by atoms with Gasteiger partial charge in [-0.3, -0.25) is 0 Å². The van der Waals surface area contributed by atoms with Gasteiger partial charge >= 0.3 is 0 Å². The van der Waals surface area contributed by atoms with Gasteiger partial charge in [0, 0.05) is 12.6 Å². The van der Waals surface area contributed by atoms with E-state index in [4.69, 9.17) is 15.0 Å². The fourth-order valence-electron chi connectivity index (χ4n) is 2.62. The van der Waals surface area contributed by atoms with E-state index < -0.39 is 0 Å². The fraction of sp³-hybridized carbons (Fsp3) is 0.692. The Morgan fingerprint density at radius 1 is 1.39 bits per heavy atom. The normalized spacial score (nSPS) is 36.1. The average molecular weight is 249 g/mol. The van der Waals surface area contributed by atoms with Gasteiger partial charge in [-0.05, 0) is 32.6 Å². The van der Waals surface area contributed by atoms with Gasteiger partial charge in [-0.15, -0.1) is 0 Å². The Hall–Kier alpha value is -1.20. The molecule has 0 saturated carbocycles. The summed E-state index contributed by atoms with van der Waals surface area (Å²) in [5.41, 5.74) is 5.45. The Bertz CT molecular complexity index is 449. The molecule has 1 fully saturated rings. The van der Waals surface area contributed by atoms with Crippen molar-refractivity contribution in [3.8, 4) is 0 Å². The largest absolute Gasteiger partial charge is 0.367 e. The maximum atomic E-state index is 5.84. The minimum absolute atomic E-state index is 0.104. The summed E-state index contributed by atoms with van der Waals surface area (Å²) in [5.74, 6) is 1.49. The lowest BCUT2D eigenvalue weighted by Crippen LogP contribution is -2.31. The topological polar surface area (TPSA) is 74.2 Å². The van der Waals surface area contributed by atoms with E-state index in [9.17, 15) is 0 Å². The van der Waals surface area contributed by atoms with E-state index in [0.29, 0.717) is 11.7 Å². The van der Waals surface area contributed by atoms with Crippen molar-refractivity contribution in [3.05, 3.63) is 23.9 Å². The zero-order chi connectivity index (χ0) is 12.6. The van der Waals surface area contributed by atoms with Crippen LogP contribution >= 0.6 is 0 Å². The van der Waals surface area contributed by atoms with Gasteiger partial charge in [0.05, 0.1) is 5.92 Å². The van der Waals surface area contributed by atoms with Crippen LogP contribution in [0.1, 0.15) is 50.2 Å². The number of aromatic nitrogens is 2. The van der Waals surface area contributed by atoms with E-state index in [0.717, 1.165) is 32.3 Å². The first-order chi connectivity index (χ1) is 8.67. The van der Waals surface area contributed by atoms with Crippen LogP contribution in [0.3, 0.4) is 0 Å². The molecule has 18 heavy (non-hydrogen) atoms. The number of hydrogen-bond donors (Lipinski definition) is 1. The molecular weight excluding hydrogens is 230 g/mol. The molecule has 5 heteroatoms. The van der Waals surface area contributed by atoms with Crippen LogP contribution in [-0.2, 0) is 10.3 Å². The minimum Gasteiger partial charge on any atom is -0.367 e. The number of allylic oxidation sites excluding steroid dienone is 1. The molecule has 98 valence electrons. The Morgan fingerprint density at radius 2 is 2.28 bits per heavy atom. The highest BCUT2D eigenvalue weighted by Gasteiger charge is 2.36. The van der Waals surface area contributed by atoms with Crippen molar-refractivity contribution in [1.29, 1.82) is 0 Å². The van der Waals surface area contributed by atoms with E-state index >= 15 is 0 Å². The monoisotopic (exact) mass is 249 g/mol. The maximum absolute atomic E-state index is 5.84. The first-order valence-corrected chi connectivity index (χ1v) is 6.59. The van der Waals surface area contributed by atoms with E-state index in [1.807, 2.05) is 19.1 Å². The van der Waals surface area contributed by atoms with Crippen LogP contribution in [0, 0.1) is 0 Å². The van der Waals surface area contributed by atoms with Crippen LogP contribution in [0.15, 0.2) is 16.7 Å². The first-order valence-electron chi connectivity index (χ1n) is 6.59. The Kier molecular flexibility index (Phi) is 2.95. The first kappa shape index (κ1) is 11.9. The van der Waals surface area contributed by atoms with Crippen LogP contribution in [0.2, 0.25) is 0 Å². The minimum atomic E-state index is -0.384. The highest BCUT2D eigenvalue weighted by molar-refractivity contribution is 5.16. The Balaban J connectivity index is 1.79. The zero-order valence-corrected chi connectivity index (χ0v) is 10.6. The maximum Gasteiger partial charge on any atom is 0.233 e. The third kappa shape index (κ3) is 2.08. The molecule has 0 aromatic carbocycles. The Labute approximate surface area is 106 Å². The standard InChI is InChI=1S/C13H19N3O2/c1-13(6-2-3-7-17-13)12-15-11(18-16-12)9-4-5-10(14)8-9/h4-5,9-10H,2-3,6-8,14H2,1H3. The van der Waals surface area contributed by atoms with Crippen molar-refractivity contribution in [3.63, 3.8) is 0 Å². The molecule has 2 N–H and O–H groups in total. The Morgan fingerprint density at radius 3 is 2.94 bits per heavy atom. The van der Waals surface area contributed by atoms with Crippen molar-refractivity contribution < 1.29 is 9.26 Å². The summed E-state index contributed by atoms with van der Waals surface area (Å²) in [4.78, 5) is 4.51. The highest BCUT2D eigenvalue weighted by Crippen LogP contribution is 2.34. The molecule has 0 spiro atoms. The van der Waals surface area contributed by atoms with Gasteiger partial charge in [-0.1, -0.05) is 17.3 Å². The molecule has 3 rings (SSSR count). The molecule has 1 aromatic heterocycles. The molecule has 3 unspecified atom stereocenters. The third-order valence-electron chi connectivity index (χ3n) is 3.82. The van der Waals surface area contributed by atoms with Crippen molar-refractivity contribution in [2.45, 2.75) is 50.2 Å². The lowest BCUT2D eigenvalue weighted by molar-refractivity contribution is -0.0770. The molecule has 0 bridgehead atoms. The lowest BCUT2D eigenvalue weighted by Gasteiger charge is -2.30. The number of hydrogen-bond acceptors (Lipinski definition) is 5. The molecule has 2 aliphatic rings. The SMILES string of the molecule is CC1(c2noc(C3C=CC(N)C3)n2)CCCCO1. The second kappa shape index (κ2) is 4.48. The van der Waals surface area contributed by atoms with Crippen molar-refractivity contribution in [1.82, 2.24) is 10.1 Å². The summed E-state index contributed by atoms with van der Waals surface area (Å²) in [5, 5.41) is 4.10. The second-order valence-electron chi connectivity index (χ2n) is 5.38. The number of ether oxygens (including phenoxy) is 1. The molecule has 1 aliphatic carbocycles. The van der Waals surface area contributed by atoms with Gasteiger partial charge in [0.15, 0.2) is 0 Å². The van der Waals surface area contributed by atoms with Gasteiger partial charge in [-0.2, -0.15) is 4.98 Å². The van der Waals surface area contributed by atoms with Crippen LogP contribution in [0.4, 0.5) is 0 Å². The molecule has 3 atom stereocenters. The molecule has 1 aliphatic heterocycles. The summed E-state index contributed by atoms with van der Waals surface area (Å²) in [7, 11) is 0. The van der Waals surface area contributed by atoms with E-state index in [1.165, 1.54) is 0 Å². The molecule has 0 amide bonds. The summed E-state index contributed by atoms with van der Waals surface area (Å²) in [6.07, 6.45) is 8.10. The van der Waals surface area contributed by atoms with E-state index in [2.05, 4.69) is 10.1 Å². The van der Waals surface area contributed by atoms with Crippen LogP contribution in [0.25, 0.3) is 0 Å². The number of rotatable bonds is 2. The van der Waals surface area contributed by atoms with Crippen LogP contribution in [-0.4, -0.2) is 22.8 Å². The summed E-state index contributed by atoms with van der Waals surface area (Å²) in [6.45, 7) is 2.81. The van der Waals surface area contributed by atoms with Gasteiger partial charge in [-0.25, -0.2) is 0 Å². The lowest BCUT2D eigenvalue weighted by atomic mass is 9.95. The van der Waals surface area contributed by atoms with Gasteiger partial charge < -0.3 is 15.0 Å². The molecule has 1 aromatic rings. The zero-order valence-electron chi connectivity index (χ0n) is 10.6. The fourth-order valence-corrected chi connectivity index (χ4v) is 2.62. The average Bonchev–Trinajstić information content (AvgIpc) is 2.98. The summed E-state index contributed by atoms with van der Waals surface area (Å²) in [6, 6.07) is 0.104. The molecule has 5 nitrogen and oxygen atoms in total. The van der Waals surface area contributed by atoms with E-state index in [-0.39, 0.29) is 17.6 Å². The van der Waals surface area contributed by atoms with Crippen LogP contribution < -0.4 is 5.73 Å². The predicted molar refractivity (Wildman–Crippen MR) is 65.9 cm³/mol. The van der Waals surface area contributed by atoms with Gasteiger partial charge in [0.1, 0.15) is 5.60 Å². The summed E-state index contributed by atoms with van der Waals surface area (Å²) < 4.78 is 11.2. The number of nitrogens with zero attached hydrogens (tertiary/aromatic N) is 2. The molecule has 2 heterocycles. The second-order valence-corrected chi connectivity index (χ2v) is 5.38. The van der Waals surface area contributed by atoms with Crippen molar-refractivity contribution >= 4 is 0 Å². The predicted octanol–water partition coefficient (Wildman–Crippen LogP) is 1.86. The summed E-state index contributed by atoms with van der Waals surface area (Å²) >= 11 is 0.